The van der Waals surface area contributed by atoms with E-state index in [2.05, 4.69) is 0 Å². The van der Waals surface area contributed by atoms with Crippen molar-refractivity contribution in [2.75, 3.05) is 11.4 Å². The van der Waals surface area contributed by atoms with E-state index in [1.165, 1.54) is 6.07 Å². The summed E-state index contributed by atoms with van der Waals surface area (Å²) >= 11 is 0. The van der Waals surface area contributed by atoms with Crippen LogP contribution < -0.4 is 10.6 Å². The van der Waals surface area contributed by atoms with Gasteiger partial charge in [-0.25, -0.2) is 0 Å². The number of nitrogens with two attached hydrogens (primary N) is 1. The first-order valence-corrected chi connectivity index (χ1v) is 6.64. The Kier molecular flexibility index (Phi) is 4.04. The van der Waals surface area contributed by atoms with Crippen LogP contribution in [0.5, 0.6) is 0 Å². The number of halogens is 3. The molecule has 2 rings (SSSR count). The minimum Gasteiger partial charge on any atom is -0.368 e. The lowest BCUT2D eigenvalue weighted by Gasteiger charge is -2.27. The first-order valence-electron chi connectivity index (χ1n) is 6.64. The van der Waals surface area contributed by atoms with Crippen LogP contribution in [0.4, 0.5) is 18.9 Å². The Morgan fingerprint density at radius 1 is 1.32 bits per heavy atom. The Morgan fingerprint density at radius 3 is 2.47 bits per heavy atom. The van der Waals surface area contributed by atoms with Crippen molar-refractivity contribution in [3.8, 4) is 0 Å². The number of alkyl halides is 3. The number of rotatable bonds is 5. The summed E-state index contributed by atoms with van der Waals surface area (Å²) in [6.07, 6.45) is -1.53. The lowest BCUT2D eigenvalue weighted by molar-refractivity contribution is -0.137. The molecule has 106 valence electrons. The molecule has 1 aliphatic carbocycles. The number of hydrogen-bond donors (Lipinski definition) is 1. The Labute approximate surface area is 111 Å². The maximum atomic E-state index is 13.2. The van der Waals surface area contributed by atoms with Crippen LogP contribution in [-0.4, -0.2) is 12.6 Å². The molecule has 0 spiro atoms. The summed E-state index contributed by atoms with van der Waals surface area (Å²) in [5.74, 6) is 0. The highest BCUT2D eigenvalue weighted by Gasteiger charge is 2.38. The van der Waals surface area contributed by atoms with Crippen molar-refractivity contribution in [2.45, 2.75) is 44.9 Å². The van der Waals surface area contributed by atoms with Crippen molar-refractivity contribution in [2.24, 2.45) is 5.73 Å². The lowest BCUT2D eigenvalue weighted by Crippen LogP contribution is -2.29. The second-order valence-electron chi connectivity index (χ2n) is 4.98. The molecule has 0 radical (unpaired) electrons. The fraction of sp³-hybridized carbons (Fsp3) is 0.571. The summed E-state index contributed by atoms with van der Waals surface area (Å²) in [4.78, 5) is 1.89. The zero-order valence-corrected chi connectivity index (χ0v) is 11.0. The van der Waals surface area contributed by atoms with Gasteiger partial charge in [0.25, 0.3) is 0 Å². The zero-order chi connectivity index (χ0) is 14.0. The smallest absolute Gasteiger partial charge is 0.368 e. The topological polar surface area (TPSA) is 29.3 Å². The van der Waals surface area contributed by atoms with Gasteiger partial charge in [0.15, 0.2) is 0 Å². The van der Waals surface area contributed by atoms with Crippen LogP contribution in [0.3, 0.4) is 0 Å². The van der Waals surface area contributed by atoms with E-state index in [4.69, 9.17) is 5.73 Å². The van der Waals surface area contributed by atoms with Crippen LogP contribution in [0.2, 0.25) is 0 Å². The molecule has 1 fully saturated rings. The first-order chi connectivity index (χ1) is 8.97. The van der Waals surface area contributed by atoms with Gasteiger partial charge in [0, 0.05) is 24.8 Å². The molecular formula is C14H19F3N2. The fourth-order valence-corrected chi connectivity index (χ4v) is 2.31. The third-order valence-electron chi connectivity index (χ3n) is 3.36. The van der Waals surface area contributed by atoms with Gasteiger partial charge in [0.05, 0.1) is 5.56 Å². The molecule has 0 heterocycles. The number of nitrogens with zero attached hydrogens (tertiary/aromatic N) is 1. The van der Waals surface area contributed by atoms with Crippen LogP contribution in [0.25, 0.3) is 0 Å². The molecule has 5 heteroatoms. The van der Waals surface area contributed by atoms with Crippen molar-refractivity contribution in [3.63, 3.8) is 0 Å². The average Bonchev–Trinajstić information content (AvgIpc) is 3.18. The van der Waals surface area contributed by atoms with E-state index < -0.39 is 11.7 Å². The summed E-state index contributed by atoms with van der Waals surface area (Å²) in [6, 6.07) is 4.71. The van der Waals surface area contributed by atoms with Gasteiger partial charge in [0.2, 0.25) is 0 Å². The third-order valence-corrected chi connectivity index (χ3v) is 3.36. The summed E-state index contributed by atoms with van der Waals surface area (Å²) < 4.78 is 39.5. The van der Waals surface area contributed by atoms with Gasteiger partial charge >= 0.3 is 6.18 Å². The maximum Gasteiger partial charge on any atom is 0.418 e. The molecule has 0 bridgehead atoms. The quantitative estimate of drug-likeness (QED) is 0.888. The summed E-state index contributed by atoms with van der Waals surface area (Å²) in [5, 5.41) is 0. The Bertz CT molecular complexity index is 439. The highest BCUT2D eigenvalue weighted by Crippen LogP contribution is 2.41. The van der Waals surface area contributed by atoms with Gasteiger partial charge in [-0.3, -0.25) is 0 Å². The molecule has 1 saturated carbocycles. The molecule has 0 aliphatic heterocycles. The normalized spacial score (nSPS) is 15.6. The van der Waals surface area contributed by atoms with E-state index in [9.17, 15) is 13.2 Å². The van der Waals surface area contributed by atoms with E-state index in [0.717, 1.165) is 19.3 Å². The molecule has 2 nitrogen and oxygen atoms in total. The molecule has 0 amide bonds. The van der Waals surface area contributed by atoms with E-state index in [1.54, 1.807) is 12.1 Å². The monoisotopic (exact) mass is 272 g/mol. The van der Waals surface area contributed by atoms with E-state index in [0.29, 0.717) is 17.8 Å². The standard InChI is InChI=1S/C14H19F3N2/c1-2-7-19(11-4-5-11)13-6-3-10(9-18)8-12(13)14(15,16)17/h3,6,8,11H,2,4-5,7,9,18H2,1H3. The molecule has 0 atom stereocenters. The van der Waals surface area contributed by atoms with Gasteiger partial charge in [-0.2, -0.15) is 13.2 Å². The summed E-state index contributed by atoms with van der Waals surface area (Å²) in [6.45, 7) is 2.77. The minimum absolute atomic E-state index is 0.126. The van der Waals surface area contributed by atoms with Gasteiger partial charge in [-0.1, -0.05) is 13.0 Å². The first kappa shape index (κ1) is 14.2. The van der Waals surface area contributed by atoms with Gasteiger partial charge in [-0.15, -0.1) is 0 Å². The minimum atomic E-state index is -4.33. The molecular weight excluding hydrogens is 253 g/mol. The number of hydrogen-bond acceptors (Lipinski definition) is 2. The van der Waals surface area contributed by atoms with E-state index in [-0.39, 0.29) is 12.6 Å². The van der Waals surface area contributed by atoms with E-state index in [1.807, 2.05) is 11.8 Å². The Hall–Kier alpha value is -1.23. The molecule has 0 aromatic heterocycles. The van der Waals surface area contributed by atoms with Crippen LogP contribution >= 0.6 is 0 Å². The predicted molar refractivity (Wildman–Crippen MR) is 70.0 cm³/mol. The highest BCUT2D eigenvalue weighted by atomic mass is 19.4. The SMILES string of the molecule is CCCN(c1ccc(CN)cc1C(F)(F)F)C1CC1. The number of anilines is 1. The summed E-state index contributed by atoms with van der Waals surface area (Å²) in [7, 11) is 0. The predicted octanol–water partition coefficient (Wildman–Crippen LogP) is 3.54. The molecule has 19 heavy (non-hydrogen) atoms. The molecule has 0 unspecified atom stereocenters. The molecule has 2 N–H and O–H groups in total. The van der Waals surface area contributed by atoms with Crippen molar-refractivity contribution in [1.29, 1.82) is 0 Å². The van der Waals surface area contributed by atoms with Crippen molar-refractivity contribution in [3.05, 3.63) is 29.3 Å². The molecule has 0 saturated heterocycles. The summed E-state index contributed by atoms with van der Waals surface area (Å²) in [5.41, 5.74) is 5.70. The lowest BCUT2D eigenvalue weighted by atomic mass is 10.1. The van der Waals surface area contributed by atoms with Crippen molar-refractivity contribution < 1.29 is 13.2 Å². The molecule has 1 aromatic carbocycles. The maximum absolute atomic E-state index is 13.2. The van der Waals surface area contributed by atoms with Crippen LogP contribution in [0, 0.1) is 0 Å². The second kappa shape index (κ2) is 5.41. The molecule has 1 aliphatic rings. The van der Waals surface area contributed by atoms with Gasteiger partial charge < -0.3 is 10.6 Å². The number of benzene rings is 1. The van der Waals surface area contributed by atoms with Gasteiger partial charge in [-0.05, 0) is 37.0 Å². The largest absolute Gasteiger partial charge is 0.418 e. The highest BCUT2D eigenvalue weighted by molar-refractivity contribution is 5.58. The van der Waals surface area contributed by atoms with Crippen LogP contribution in [-0.2, 0) is 12.7 Å². The van der Waals surface area contributed by atoms with Crippen LogP contribution in [0.1, 0.15) is 37.3 Å². The van der Waals surface area contributed by atoms with E-state index >= 15 is 0 Å². The van der Waals surface area contributed by atoms with Gasteiger partial charge in [0.1, 0.15) is 0 Å². The average molecular weight is 272 g/mol. The van der Waals surface area contributed by atoms with Crippen molar-refractivity contribution in [1.82, 2.24) is 0 Å². The Morgan fingerprint density at radius 2 is 2.00 bits per heavy atom. The zero-order valence-electron chi connectivity index (χ0n) is 11.0. The second-order valence-corrected chi connectivity index (χ2v) is 4.98. The molecule has 1 aromatic rings. The third kappa shape index (κ3) is 3.21. The van der Waals surface area contributed by atoms with Crippen LogP contribution in [0.15, 0.2) is 18.2 Å². The fourth-order valence-electron chi connectivity index (χ4n) is 2.31. The van der Waals surface area contributed by atoms with Crippen molar-refractivity contribution >= 4 is 5.69 Å². The Balaban J connectivity index is 2.42.